The third kappa shape index (κ3) is 4.95. The van der Waals surface area contributed by atoms with Gasteiger partial charge in [0.1, 0.15) is 5.75 Å². The Hall–Kier alpha value is -2.29. The van der Waals surface area contributed by atoms with Gasteiger partial charge in [-0.1, -0.05) is 48.5 Å². The molecule has 0 aliphatic heterocycles. The molecule has 2 aromatic carbocycles. The molecule has 0 atom stereocenters. The van der Waals surface area contributed by atoms with E-state index in [0.29, 0.717) is 13.0 Å². The zero-order valence-electron chi connectivity index (χ0n) is 12.0. The van der Waals surface area contributed by atoms with Gasteiger partial charge in [-0.05, 0) is 30.9 Å². The molecule has 3 nitrogen and oxygen atoms in total. The van der Waals surface area contributed by atoms with Crippen LogP contribution in [0.3, 0.4) is 0 Å². The van der Waals surface area contributed by atoms with Crippen LogP contribution in [-0.4, -0.2) is 17.7 Å². The standard InChI is InChI=1S/C18H20O3/c19-18(20)13-5-2-8-14-21-17-12-7-6-11-16(17)15-9-3-1-4-10-15/h1,3-4,6-7,9-12H,2,5,8,13-14H2,(H,19,20). The summed E-state index contributed by atoms with van der Waals surface area (Å²) in [5.41, 5.74) is 2.22. The van der Waals surface area contributed by atoms with Gasteiger partial charge in [0.2, 0.25) is 0 Å². The van der Waals surface area contributed by atoms with Crippen LogP contribution in [0.2, 0.25) is 0 Å². The third-order valence-corrected chi connectivity index (χ3v) is 3.26. The Morgan fingerprint density at radius 3 is 2.38 bits per heavy atom. The zero-order chi connectivity index (χ0) is 14.9. The Bertz CT molecular complexity index is 564. The van der Waals surface area contributed by atoms with Crippen LogP contribution < -0.4 is 4.74 Å². The molecule has 2 aromatic rings. The second-order valence-electron chi connectivity index (χ2n) is 4.92. The Labute approximate surface area is 125 Å². The molecule has 0 amide bonds. The fourth-order valence-electron chi connectivity index (χ4n) is 2.19. The van der Waals surface area contributed by atoms with Crippen LogP contribution in [0.1, 0.15) is 25.7 Å². The van der Waals surface area contributed by atoms with Crippen molar-refractivity contribution >= 4 is 5.97 Å². The molecule has 0 aliphatic carbocycles. The first-order valence-corrected chi connectivity index (χ1v) is 7.26. The summed E-state index contributed by atoms with van der Waals surface area (Å²) in [5, 5.41) is 8.58. The highest BCUT2D eigenvalue weighted by Gasteiger charge is 2.05. The number of hydrogen-bond acceptors (Lipinski definition) is 2. The van der Waals surface area contributed by atoms with E-state index in [2.05, 4.69) is 18.2 Å². The van der Waals surface area contributed by atoms with E-state index in [0.717, 1.165) is 29.7 Å². The maximum absolute atomic E-state index is 10.4. The minimum Gasteiger partial charge on any atom is -0.493 e. The highest BCUT2D eigenvalue weighted by atomic mass is 16.5. The molecular formula is C18H20O3. The normalized spacial score (nSPS) is 10.3. The third-order valence-electron chi connectivity index (χ3n) is 3.26. The van der Waals surface area contributed by atoms with Crippen molar-refractivity contribution in [2.24, 2.45) is 0 Å². The van der Waals surface area contributed by atoms with E-state index < -0.39 is 5.97 Å². The average molecular weight is 284 g/mol. The quantitative estimate of drug-likeness (QED) is 0.732. The van der Waals surface area contributed by atoms with Crippen LogP contribution in [0.25, 0.3) is 11.1 Å². The highest BCUT2D eigenvalue weighted by molar-refractivity contribution is 5.70. The topological polar surface area (TPSA) is 46.5 Å². The van der Waals surface area contributed by atoms with Gasteiger partial charge < -0.3 is 9.84 Å². The number of ether oxygens (including phenoxy) is 1. The highest BCUT2D eigenvalue weighted by Crippen LogP contribution is 2.29. The molecular weight excluding hydrogens is 264 g/mol. The largest absolute Gasteiger partial charge is 0.493 e. The van der Waals surface area contributed by atoms with Crippen molar-refractivity contribution in [1.29, 1.82) is 0 Å². The van der Waals surface area contributed by atoms with Crippen molar-refractivity contribution in [2.45, 2.75) is 25.7 Å². The number of carboxylic acids is 1. The van der Waals surface area contributed by atoms with Gasteiger partial charge in [0.15, 0.2) is 0 Å². The van der Waals surface area contributed by atoms with E-state index in [1.54, 1.807) is 0 Å². The fourth-order valence-corrected chi connectivity index (χ4v) is 2.19. The summed E-state index contributed by atoms with van der Waals surface area (Å²) in [7, 11) is 0. The van der Waals surface area contributed by atoms with Crippen LogP contribution in [0.4, 0.5) is 0 Å². The lowest BCUT2D eigenvalue weighted by Gasteiger charge is -2.11. The first-order valence-electron chi connectivity index (χ1n) is 7.26. The molecule has 0 heterocycles. The van der Waals surface area contributed by atoms with Crippen molar-refractivity contribution in [3.05, 3.63) is 54.6 Å². The van der Waals surface area contributed by atoms with Crippen molar-refractivity contribution in [1.82, 2.24) is 0 Å². The number of benzene rings is 2. The molecule has 0 spiro atoms. The minimum atomic E-state index is -0.731. The summed E-state index contributed by atoms with van der Waals surface area (Å²) < 4.78 is 5.85. The lowest BCUT2D eigenvalue weighted by atomic mass is 10.1. The molecule has 0 saturated carbocycles. The molecule has 21 heavy (non-hydrogen) atoms. The lowest BCUT2D eigenvalue weighted by molar-refractivity contribution is -0.137. The SMILES string of the molecule is O=C(O)CCCCCOc1ccccc1-c1ccccc1. The molecule has 110 valence electrons. The second-order valence-corrected chi connectivity index (χ2v) is 4.92. The van der Waals surface area contributed by atoms with Gasteiger partial charge in [-0.2, -0.15) is 0 Å². The molecule has 0 unspecified atom stereocenters. The van der Waals surface area contributed by atoms with Gasteiger partial charge in [-0.25, -0.2) is 0 Å². The second kappa shape index (κ2) is 8.10. The van der Waals surface area contributed by atoms with Crippen LogP contribution in [-0.2, 0) is 4.79 Å². The number of carbonyl (C=O) groups is 1. The van der Waals surface area contributed by atoms with Gasteiger partial charge in [0.05, 0.1) is 6.61 Å². The molecule has 2 rings (SSSR count). The van der Waals surface area contributed by atoms with Gasteiger partial charge in [0.25, 0.3) is 0 Å². The summed E-state index contributed by atoms with van der Waals surface area (Å²) in [6.07, 6.45) is 2.69. The van der Waals surface area contributed by atoms with E-state index in [1.807, 2.05) is 36.4 Å². The summed E-state index contributed by atoms with van der Waals surface area (Å²) in [4.78, 5) is 10.4. The summed E-state index contributed by atoms with van der Waals surface area (Å²) in [6.45, 7) is 0.615. The first kappa shape index (κ1) is 15.1. The predicted octanol–water partition coefficient (Wildman–Crippen LogP) is 4.38. The Kier molecular flexibility index (Phi) is 5.83. The van der Waals surface area contributed by atoms with Crippen molar-refractivity contribution in [3.63, 3.8) is 0 Å². The molecule has 0 aromatic heterocycles. The Morgan fingerprint density at radius 2 is 1.62 bits per heavy atom. The Balaban J connectivity index is 1.88. The van der Waals surface area contributed by atoms with Crippen molar-refractivity contribution < 1.29 is 14.6 Å². The van der Waals surface area contributed by atoms with E-state index in [-0.39, 0.29) is 6.42 Å². The molecule has 0 fully saturated rings. The van der Waals surface area contributed by atoms with Crippen LogP contribution in [0.5, 0.6) is 5.75 Å². The van der Waals surface area contributed by atoms with E-state index >= 15 is 0 Å². The average Bonchev–Trinajstić information content (AvgIpc) is 2.52. The van der Waals surface area contributed by atoms with Gasteiger partial charge in [-0.15, -0.1) is 0 Å². The van der Waals surface area contributed by atoms with Gasteiger partial charge in [0, 0.05) is 12.0 Å². The summed E-state index contributed by atoms with van der Waals surface area (Å²) in [5.74, 6) is 0.146. The monoisotopic (exact) mass is 284 g/mol. The van der Waals surface area contributed by atoms with Crippen molar-refractivity contribution in [2.75, 3.05) is 6.61 Å². The number of hydrogen-bond donors (Lipinski definition) is 1. The predicted molar refractivity (Wildman–Crippen MR) is 83.5 cm³/mol. The summed E-state index contributed by atoms with van der Waals surface area (Å²) in [6, 6.07) is 18.1. The maximum Gasteiger partial charge on any atom is 0.303 e. The fraction of sp³-hybridized carbons (Fsp3) is 0.278. The van der Waals surface area contributed by atoms with Gasteiger partial charge in [-0.3, -0.25) is 4.79 Å². The number of unbranched alkanes of at least 4 members (excludes halogenated alkanes) is 2. The number of aliphatic carboxylic acids is 1. The first-order chi connectivity index (χ1) is 10.3. The zero-order valence-corrected chi connectivity index (χ0v) is 12.0. The minimum absolute atomic E-state index is 0.237. The number of rotatable bonds is 8. The molecule has 0 aliphatic rings. The number of para-hydroxylation sites is 1. The van der Waals surface area contributed by atoms with Crippen LogP contribution >= 0.6 is 0 Å². The van der Waals surface area contributed by atoms with Crippen LogP contribution in [0.15, 0.2) is 54.6 Å². The smallest absolute Gasteiger partial charge is 0.303 e. The van der Waals surface area contributed by atoms with E-state index in [9.17, 15) is 4.79 Å². The summed E-state index contributed by atoms with van der Waals surface area (Å²) >= 11 is 0. The lowest BCUT2D eigenvalue weighted by Crippen LogP contribution is -2.00. The van der Waals surface area contributed by atoms with E-state index in [4.69, 9.17) is 9.84 Å². The van der Waals surface area contributed by atoms with E-state index in [1.165, 1.54) is 0 Å². The van der Waals surface area contributed by atoms with Gasteiger partial charge >= 0.3 is 5.97 Å². The molecule has 0 radical (unpaired) electrons. The van der Waals surface area contributed by atoms with Crippen molar-refractivity contribution in [3.8, 4) is 16.9 Å². The van der Waals surface area contributed by atoms with Crippen LogP contribution in [0, 0.1) is 0 Å². The Morgan fingerprint density at radius 1 is 0.905 bits per heavy atom. The molecule has 0 bridgehead atoms. The molecule has 3 heteroatoms. The maximum atomic E-state index is 10.4. The number of carboxylic acid groups (broad SMARTS) is 1. The molecule has 1 N–H and O–H groups in total. The molecule has 0 saturated heterocycles.